The molecule has 0 aromatic heterocycles. The van der Waals surface area contributed by atoms with Crippen LogP contribution in [0.15, 0.2) is 60.7 Å². The average molecular weight is 644 g/mol. The number of rotatable bonds is 6. The smallest absolute Gasteiger partial charge is 0.256 e. The number of piperazine rings is 1. The molecule has 6 rings (SSSR count). The van der Waals surface area contributed by atoms with Gasteiger partial charge >= 0.3 is 0 Å². The zero-order chi connectivity index (χ0) is 31.9. The highest BCUT2D eigenvalue weighted by molar-refractivity contribution is 6.33. The SMILES string of the molecule is [B]c1ccc(C(=O)N2CCC[C@@H]2C(=O)N2CCN(C(C)=O)CC2)c(NC2(Cc3cccc(Cl)c3)C(=O)Nc3cc(Cl)ccc32)c1. The monoisotopic (exact) mass is 643 g/mol. The van der Waals surface area contributed by atoms with Crippen molar-refractivity contribution >= 4 is 71.5 Å². The molecule has 3 aromatic carbocycles. The number of anilines is 2. The molecule has 9 nitrogen and oxygen atoms in total. The van der Waals surface area contributed by atoms with Crippen LogP contribution in [0.2, 0.25) is 10.0 Å². The molecular weight excluding hydrogens is 612 g/mol. The Labute approximate surface area is 273 Å². The Morgan fingerprint density at radius 2 is 1.69 bits per heavy atom. The molecule has 2 atom stereocenters. The van der Waals surface area contributed by atoms with Crippen LogP contribution in [-0.4, -0.2) is 84.9 Å². The van der Waals surface area contributed by atoms with Crippen molar-refractivity contribution in [2.24, 2.45) is 0 Å². The van der Waals surface area contributed by atoms with Crippen molar-refractivity contribution in [2.45, 2.75) is 37.8 Å². The third kappa shape index (κ3) is 6.01. The van der Waals surface area contributed by atoms with Crippen molar-refractivity contribution in [1.29, 1.82) is 0 Å². The first-order chi connectivity index (χ1) is 21.6. The quantitative estimate of drug-likeness (QED) is 0.400. The molecule has 4 amide bonds. The van der Waals surface area contributed by atoms with E-state index in [4.69, 9.17) is 31.0 Å². The fraction of sp³-hybridized carbons (Fsp3) is 0.333. The number of likely N-dealkylation sites (tertiary alicyclic amines) is 1. The van der Waals surface area contributed by atoms with E-state index < -0.39 is 11.6 Å². The van der Waals surface area contributed by atoms with Crippen LogP contribution < -0.4 is 16.1 Å². The van der Waals surface area contributed by atoms with E-state index in [2.05, 4.69) is 10.6 Å². The second-order valence-corrected chi connectivity index (χ2v) is 12.6. The lowest BCUT2D eigenvalue weighted by Gasteiger charge is -2.37. The van der Waals surface area contributed by atoms with Gasteiger partial charge in [0.05, 0.1) is 5.56 Å². The Morgan fingerprint density at radius 1 is 0.956 bits per heavy atom. The van der Waals surface area contributed by atoms with E-state index in [1.807, 2.05) is 12.1 Å². The maximum Gasteiger partial charge on any atom is 0.256 e. The Hall–Kier alpha value is -4.02. The van der Waals surface area contributed by atoms with Crippen molar-refractivity contribution in [3.63, 3.8) is 0 Å². The van der Waals surface area contributed by atoms with E-state index in [1.54, 1.807) is 63.2 Å². The number of benzene rings is 3. The summed E-state index contributed by atoms with van der Waals surface area (Å²) in [6.07, 6.45) is 1.44. The molecule has 3 aliphatic heterocycles. The predicted molar refractivity (Wildman–Crippen MR) is 175 cm³/mol. The first-order valence-corrected chi connectivity index (χ1v) is 15.7. The molecule has 2 radical (unpaired) electrons. The Morgan fingerprint density at radius 3 is 2.42 bits per heavy atom. The van der Waals surface area contributed by atoms with Crippen molar-refractivity contribution in [3.8, 4) is 0 Å². The topological polar surface area (TPSA) is 102 Å². The lowest BCUT2D eigenvalue weighted by molar-refractivity contribution is -0.141. The zero-order valence-corrected chi connectivity index (χ0v) is 26.3. The van der Waals surface area contributed by atoms with Gasteiger partial charge in [-0.3, -0.25) is 19.2 Å². The number of fused-ring (bicyclic) bond motifs is 1. The zero-order valence-electron chi connectivity index (χ0n) is 24.8. The van der Waals surface area contributed by atoms with Crippen LogP contribution in [0.5, 0.6) is 0 Å². The van der Waals surface area contributed by atoms with E-state index >= 15 is 0 Å². The molecule has 2 saturated heterocycles. The highest BCUT2D eigenvalue weighted by atomic mass is 35.5. The maximum atomic E-state index is 14.3. The minimum Gasteiger partial charge on any atom is -0.367 e. The standard InChI is InChI=1S/C33H32BCl2N5O4/c1-20(42)39-12-14-40(15-13-39)31(44)29-6-3-11-41(29)30(43)25-9-7-22(34)17-27(25)38-33(19-21-4-2-5-23(35)16-21)26-10-8-24(36)18-28(26)37-32(33)45/h2,4-5,7-10,16-18,29,38H,3,6,11-15,19H2,1H3,(H,37,45)/t29-,33?/m1/s1. The summed E-state index contributed by atoms with van der Waals surface area (Å²) in [5, 5.41) is 7.38. The Kier molecular flexibility index (Phi) is 8.54. The number of carbonyl (C=O) groups is 4. The molecule has 0 saturated carbocycles. The number of nitrogens with zero attached hydrogens (tertiary/aromatic N) is 3. The first-order valence-electron chi connectivity index (χ1n) is 14.9. The van der Waals surface area contributed by atoms with Crippen LogP contribution in [-0.2, 0) is 26.3 Å². The Balaban J connectivity index is 1.33. The van der Waals surface area contributed by atoms with E-state index in [-0.39, 0.29) is 30.0 Å². The van der Waals surface area contributed by atoms with E-state index in [0.717, 1.165) is 5.56 Å². The van der Waals surface area contributed by atoms with Crippen LogP contribution >= 0.6 is 23.2 Å². The van der Waals surface area contributed by atoms with Crippen molar-refractivity contribution in [1.82, 2.24) is 14.7 Å². The first kappa shape index (κ1) is 31.0. The Bertz CT molecular complexity index is 1700. The molecule has 0 bridgehead atoms. The molecule has 2 N–H and O–H groups in total. The van der Waals surface area contributed by atoms with Gasteiger partial charge in [-0.25, -0.2) is 0 Å². The van der Waals surface area contributed by atoms with Gasteiger partial charge in [-0.15, -0.1) is 0 Å². The number of carbonyl (C=O) groups excluding carboxylic acids is 4. The van der Waals surface area contributed by atoms with Gasteiger partial charge in [-0.1, -0.05) is 52.9 Å². The lowest BCUT2D eigenvalue weighted by Crippen LogP contribution is -2.55. The van der Waals surface area contributed by atoms with Gasteiger partial charge < -0.3 is 25.3 Å². The highest BCUT2D eigenvalue weighted by Crippen LogP contribution is 2.43. The summed E-state index contributed by atoms with van der Waals surface area (Å²) in [4.78, 5) is 58.7. The molecule has 3 heterocycles. The molecule has 0 spiro atoms. The largest absolute Gasteiger partial charge is 0.367 e. The predicted octanol–water partition coefficient (Wildman–Crippen LogP) is 3.58. The molecule has 0 aliphatic carbocycles. The lowest BCUT2D eigenvalue weighted by atomic mass is 9.83. The van der Waals surface area contributed by atoms with Gasteiger partial charge in [0.15, 0.2) is 0 Å². The molecule has 1 unspecified atom stereocenters. The third-order valence-electron chi connectivity index (χ3n) is 8.89. The second-order valence-electron chi connectivity index (χ2n) is 11.8. The van der Waals surface area contributed by atoms with Gasteiger partial charge in [-0.05, 0) is 54.8 Å². The molecule has 12 heteroatoms. The summed E-state index contributed by atoms with van der Waals surface area (Å²) >= 11 is 12.6. The normalized spacial score (nSPS) is 21.0. The van der Waals surface area contributed by atoms with Crippen molar-refractivity contribution in [3.05, 3.63) is 87.4 Å². The summed E-state index contributed by atoms with van der Waals surface area (Å²) in [6, 6.07) is 16.8. The van der Waals surface area contributed by atoms with Crippen LogP contribution in [0, 0.1) is 0 Å². The number of hydrogen-bond donors (Lipinski definition) is 2. The molecular formula is C33H32BCl2N5O4. The van der Waals surface area contributed by atoms with Crippen molar-refractivity contribution in [2.75, 3.05) is 43.4 Å². The van der Waals surface area contributed by atoms with Crippen LogP contribution in [0.1, 0.15) is 41.3 Å². The summed E-state index contributed by atoms with van der Waals surface area (Å²) in [5.41, 5.74) is 1.77. The molecule has 230 valence electrons. The second kappa shape index (κ2) is 12.4. The van der Waals surface area contributed by atoms with E-state index in [9.17, 15) is 19.2 Å². The van der Waals surface area contributed by atoms with Gasteiger partial charge in [0.1, 0.15) is 19.4 Å². The molecule has 45 heavy (non-hydrogen) atoms. The minimum absolute atomic E-state index is 0.0158. The van der Waals surface area contributed by atoms with E-state index in [1.165, 1.54) is 6.92 Å². The minimum atomic E-state index is -1.33. The fourth-order valence-electron chi connectivity index (χ4n) is 6.60. The number of hydrogen-bond acceptors (Lipinski definition) is 5. The summed E-state index contributed by atoms with van der Waals surface area (Å²) < 4.78 is 0. The third-order valence-corrected chi connectivity index (χ3v) is 9.36. The van der Waals surface area contributed by atoms with Gasteiger partial charge in [-0.2, -0.15) is 0 Å². The molecule has 3 aliphatic rings. The van der Waals surface area contributed by atoms with Crippen LogP contribution in [0.3, 0.4) is 0 Å². The van der Waals surface area contributed by atoms with Crippen LogP contribution in [0.4, 0.5) is 11.4 Å². The summed E-state index contributed by atoms with van der Waals surface area (Å²) in [5.74, 6) is -0.784. The highest BCUT2D eigenvalue weighted by Gasteiger charge is 2.48. The number of amides is 4. The number of halogens is 2. The number of nitrogens with one attached hydrogen (secondary N) is 2. The van der Waals surface area contributed by atoms with E-state index in [0.29, 0.717) is 83.6 Å². The van der Waals surface area contributed by atoms with Crippen LogP contribution in [0.25, 0.3) is 0 Å². The molecule has 3 aromatic rings. The summed E-state index contributed by atoms with van der Waals surface area (Å²) in [7, 11) is 6.24. The maximum absolute atomic E-state index is 14.3. The van der Waals surface area contributed by atoms with Gasteiger partial charge in [0, 0.05) is 73.1 Å². The molecule has 2 fully saturated rings. The van der Waals surface area contributed by atoms with Crippen molar-refractivity contribution < 1.29 is 19.2 Å². The fourth-order valence-corrected chi connectivity index (χ4v) is 6.98. The average Bonchev–Trinajstić information content (AvgIpc) is 3.59. The summed E-state index contributed by atoms with van der Waals surface area (Å²) in [6.45, 7) is 3.73. The van der Waals surface area contributed by atoms with Gasteiger partial charge in [0.25, 0.3) is 11.8 Å². The van der Waals surface area contributed by atoms with Gasteiger partial charge in [0.2, 0.25) is 11.8 Å².